The predicted octanol–water partition coefficient (Wildman–Crippen LogP) is 12.9. The SMILES string of the molecule is CC1(C)C2=CC(N(c3ccc(N4C5c6ccccc6OC5C5Sc6ccccc6C54)cc3)c3ccc4c(c3)C(C)(C)C3=C4C=CCC3)CC=C2C2CC=CC=C21. The Morgan fingerprint density at radius 3 is 2.48 bits per heavy atom. The highest BCUT2D eigenvalue weighted by Gasteiger charge is 2.58. The summed E-state index contributed by atoms with van der Waals surface area (Å²) in [5, 5.41) is 0.337. The monoisotopic (exact) mass is 748 g/mol. The number of anilines is 3. The lowest BCUT2D eigenvalue weighted by atomic mass is 9.78. The molecule has 1 saturated carbocycles. The molecule has 6 atom stereocenters. The number of allylic oxidation sites excluding steroid dienone is 10. The van der Waals surface area contributed by atoms with Crippen molar-refractivity contribution in [3.8, 4) is 5.75 Å². The van der Waals surface area contributed by atoms with Gasteiger partial charge >= 0.3 is 0 Å². The second-order valence-electron chi connectivity index (χ2n) is 18.1. The Bertz CT molecular complexity index is 2490. The second-order valence-corrected chi connectivity index (χ2v) is 19.3. The van der Waals surface area contributed by atoms with Crippen LogP contribution in [0.2, 0.25) is 0 Å². The molecule has 3 heterocycles. The number of fused-ring (bicyclic) bond motifs is 12. The molecule has 0 bridgehead atoms. The number of para-hydroxylation sites is 1. The minimum atomic E-state index is 0.0136. The highest BCUT2D eigenvalue weighted by Crippen LogP contribution is 2.63. The fourth-order valence-corrected chi connectivity index (χ4v) is 13.6. The van der Waals surface area contributed by atoms with Crippen LogP contribution in [0, 0.1) is 11.3 Å². The van der Waals surface area contributed by atoms with Crippen LogP contribution < -0.4 is 14.5 Å². The topological polar surface area (TPSA) is 15.7 Å². The third-order valence-corrected chi connectivity index (χ3v) is 16.1. The van der Waals surface area contributed by atoms with Gasteiger partial charge in [0, 0.05) is 44.3 Å². The van der Waals surface area contributed by atoms with E-state index in [2.05, 4.69) is 171 Å². The molecule has 56 heavy (non-hydrogen) atoms. The maximum Gasteiger partial charge on any atom is 0.138 e. The summed E-state index contributed by atoms with van der Waals surface area (Å²) in [6.07, 6.45) is 21.5. The summed E-state index contributed by atoms with van der Waals surface area (Å²) in [7, 11) is 0. The number of ether oxygens (including phenoxy) is 1. The number of thioether (sulfide) groups is 1. The molecule has 4 heteroatoms. The van der Waals surface area contributed by atoms with Gasteiger partial charge in [-0.05, 0) is 108 Å². The van der Waals surface area contributed by atoms with Crippen LogP contribution in [0.25, 0.3) is 5.57 Å². The van der Waals surface area contributed by atoms with Gasteiger partial charge in [-0.1, -0.05) is 124 Å². The van der Waals surface area contributed by atoms with Gasteiger partial charge in [-0.2, -0.15) is 0 Å². The van der Waals surface area contributed by atoms with Gasteiger partial charge in [0.05, 0.1) is 23.4 Å². The molecule has 4 aromatic rings. The molecular formula is C52H48N2OS. The smallest absolute Gasteiger partial charge is 0.138 e. The lowest BCUT2D eigenvalue weighted by Gasteiger charge is -2.37. The van der Waals surface area contributed by atoms with Crippen LogP contribution in [0.15, 0.2) is 161 Å². The first-order chi connectivity index (χ1) is 27.3. The Labute approximate surface area is 335 Å². The van der Waals surface area contributed by atoms with E-state index in [-0.39, 0.29) is 35.1 Å². The summed E-state index contributed by atoms with van der Waals surface area (Å²) < 4.78 is 6.80. The first kappa shape index (κ1) is 33.2. The van der Waals surface area contributed by atoms with Crippen LogP contribution in [-0.4, -0.2) is 17.4 Å². The van der Waals surface area contributed by atoms with Crippen LogP contribution in [0.1, 0.15) is 87.7 Å². The highest BCUT2D eigenvalue weighted by atomic mass is 32.2. The fourth-order valence-electron chi connectivity index (χ4n) is 12.0. The Hall–Kier alpha value is -4.93. The van der Waals surface area contributed by atoms with E-state index in [0.29, 0.717) is 11.2 Å². The minimum Gasteiger partial charge on any atom is -0.486 e. The van der Waals surface area contributed by atoms with Gasteiger partial charge < -0.3 is 14.5 Å². The van der Waals surface area contributed by atoms with Crippen LogP contribution in [-0.2, 0) is 5.41 Å². The molecule has 0 radical (unpaired) electrons. The second kappa shape index (κ2) is 11.8. The largest absolute Gasteiger partial charge is 0.486 e. The van der Waals surface area contributed by atoms with Crippen molar-refractivity contribution in [3.63, 3.8) is 0 Å². The summed E-state index contributed by atoms with van der Waals surface area (Å²) in [5.41, 5.74) is 17.1. The van der Waals surface area contributed by atoms with E-state index >= 15 is 0 Å². The molecule has 278 valence electrons. The molecule has 0 spiro atoms. The van der Waals surface area contributed by atoms with Crippen molar-refractivity contribution in [3.05, 3.63) is 178 Å². The van der Waals surface area contributed by atoms with E-state index in [9.17, 15) is 0 Å². The van der Waals surface area contributed by atoms with Gasteiger partial charge in [0.2, 0.25) is 0 Å². The van der Waals surface area contributed by atoms with Gasteiger partial charge in [0.15, 0.2) is 0 Å². The van der Waals surface area contributed by atoms with E-state index in [4.69, 9.17) is 4.74 Å². The molecule has 0 N–H and O–H groups in total. The number of nitrogens with zero attached hydrogens (tertiary/aromatic N) is 2. The molecular weight excluding hydrogens is 701 g/mol. The van der Waals surface area contributed by atoms with Crippen molar-refractivity contribution < 1.29 is 4.74 Å². The van der Waals surface area contributed by atoms with Gasteiger partial charge in [0.1, 0.15) is 11.9 Å². The molecule has 1 saturated heterocycles. The predicted molar refractivity (Wildman–Crippen MR) is 232 cm³/mol. The average molecular weight is 749 g/mol. The molecule has 6 unspecified atom stereocenters. The molecule has 2 fully saturated rings. The Morgan fingerprint density at radius 1 is 0.804 bits per heavy atom. The van der Waals surface area contributed by atoms with E-state index in [1.54, 1.807) is 16.7 Å². The van der Waals surface area contributed by atoms with Gasteiger partial charge in [0.25, 0.3) is 0 Å². The third-order valence-electron chi connectivity index (χ3n) is 14.7. The molecule has 12 rings (SSSR count). The molecule has 0 amide bonds. The zero-order valence-electron chi connectivity index (χ0n) is 32.7. The summed E-state index contributed by atoms with van der Waals surface area (Å²) in [4.78, 5) is 6.74. The quantitative estimate of drug-likeness (QED) is 0.206. The van der Waals surface area contributed by atoms with Crippen molar-refractivity contribution in [1.29, 1.82) is 0 Å². The lowest BCUT2D eigenvalue weighted by Crippen LogP contribution is -2.32. The van der Waals surface area contributed by atoms with E-state index < -0.39 is 0 Å². The standard InChI is InChI=1S/C52H48N2OS/c1-51(2)41-17-9-5-13-35(41)37-27-25-33(29-43(37)51)53(34-26-28-38-36-14-6-10-18-42(36)52(3,4)44(38)30-34)31-21-23-32(24-22-31)54-47-39-15-7-11-19-45(39)55-49(47)50-48(54)40-16-8-12-20-46(40)56-50/h5-9,11-12,14-17,19-24,26-30,33,35,47-50H,10,13,18,25H2,1-4H3. The molecule has 0 aromatic heterocycles. The molecule has 3 nitrogen and oxygen atoms in total. The zero-order chi connectivity index (χ0) is 37.5. The van der Waals surface area contributed by atoms with Crippen LogP contribution in [0.5, 0.6) is 5.75 Å². The molecule has 8 aliphatic rings. The van der Waals surface area contributed by atoms with Crippen molar-refractivity contribution in [2.24, 2.45) is 11.3 Å². The van der Waals surface area contributed by atoms with E-state index in [1.165, 1.54) is 55.4 Å². The van der Waals surface area contributed by atoms with Crippen molar-refractivity contribution in [2.45, 2.75) is 93.2 Å². The molecule has 4 aromatic carbocycles. The summed E-state index contributed by atoms with van der Waals surface area (Å²) in [6.45, 7) is 9.78. The fraction of sp³-hybridized carbons (Fsp3) is 0.308. The number of hydrogen-bond donors (Lipinski definition) is 0. The summed E-state index contributed by atoms with van der Waals surface area (Å²) in [5.74, 6) is 1.55. The van der Waals surface area contributed by atoms with Gasteiger partial charge in [-0.3, -0.25) is 0 Å². The van der Waals surface area contributed by atoms with Gasteiger partial charge in [-0.15, -0.1) is 11.8 Å². The minimum absolute atomic E-state index is 0.0136. The maximum absolute atomic E-state index is 6.80. The Kier molecular flexibility index (Phi) is 7.00. The number of rotatable bonds is 4. The van der Waals surface area contributed by atoms with Crippen molar-refractivity contribution in [2.75, 3.05) is 9.80 Å². The van der Waals surface area contributed by atoms with Crippen LogP contribution in [0.3, 0.4) is 0 Å². The van der Waals surface area contributed by atoms with Gasteiger partial charge in [-0.25, -0.2) is 0 Å². The van der Waals surface area contributed by atoms with Crippen LogP contribution in [0.4, 0.5) is 17.1 Å². The summed E-state index contributed by atoms with van der Waals surface area (Å²) in [6, 6.07) is 35.3. The number of hydrogen-bond acceptors (Lipinski definition) is 4. The first-order valence-corrected chi connectivity index (χ1v) is 21.7. The lowest BCUT2D eigenvalue weighted by molar-refractivity contribution is 0.229. The Balaban J connectivity index is 0.974. The average Bonchev–Trinajstić information content (AvgIpc) is 3.98. The number of benzene rings is 4. The zero-order valence-corrected chi connectivity index (χ0v) is 33.5. The molecule has 3 aliphatic heterocycles. The van der Waals surface area contributed by atoms with Crippen LogP contribution >= 0.6 is 11.8 Å². The summed E-state index contributed by atoms with van der Waals surface area (Å²) >= 11 is 2.01. The maximum atomic E-state index is 6.80. The Morgan fingerprint density at radius 2 is 1.61 bits per heavy atom. The van der Waals surface area contributed by atoms with Crippen molar-refractivity contribution >= 4 is 34.4 Å². The van der Waals surface area contributed by atoms with E-state index in [1.807, 2.05) is 11.8 Å². The van der Waals surface area contributed by atoms with Crippen molar-refractivity contribution in [1.82, 2.24) is 0 Å². The molecule has 5 aliphatic carbocycles. The highest BCUT2D eigenvalue weighted by molar-refractivity contribution is 8.00. The van der Waals surface area contributed by atoms with E-state index in [0.717, 1.165) is 31.4 Å². The first-order valence-electron chi connectivity index (χ1n) is 20.8. The normalized spacial score (nSPS) is 28.9. The third kappa shape index (κ3) is 4.48.